The fraction of sp³-hybridized carbons (Fsp3) is 0.364. The standard InChI is InChI=1S/C11H13NO6S/c1-11(2,10(13)14)19(17,18)7-8-5-3-4-6-9(8)12(15)16/h3-6H,7H2,1-2H3,(H,13,14). The number of nitro groups is 1. The number of nitro benzene ring substituents is 1. The summed E-state index contributed by atoms with van der Waals surface area (Å²) in [7, 11) is -4.07. The highest BCUT2D eigenvalue weighted by atomic mass is 32.2. The van der Waals surface area contributed by atoms with Gasteiger partial charge < -0.3 is 5.11 Å². The maximum absolute atomic E-state index is 12.0. The van der Waals surface area contributed by atoms with Gasteiger partial charge in [0.05, 0.1) is 10.7 Å². The number of para-hydroxylation sites is 1. The van der Waals surface area contributed by atoms with E-state index in [2.05, 4.69) is 0 Å². The Morgan fingerprint density at radius 3 is 2.37 bits per heavy atom. The van der Waals surface area contributed by atoms with Gasteiger partial charge in [-0.25, -0.2) is 8.42 Å². The number of sulfone groups is 1. The van der Waals surface area contributed by atoms with Gasteiger partial charge in [-0.1, -0.05) is 18.2 Å². The van der Waals surface area contributed by atoms with Crippen molar-refractivity contribution in [2.75, 3.05) is 0 Å². The lowest BCUT2D eigenvalue weighted by molar-refractivity contribution is -0.385. The van der Waals surface area contributed by atoms with Crippen molar-refractivity contribution in [3.63, 3.8) is 0 Å². The number of hydrogen-bond donors (Lipinski definition) is 1. The van der Waals surface area contributed by atoms with E-state index in [0.29, 0.717) is 0 Å². The van der Waals surface area contributed by atoms with E-state index in [4.69, 9.17) is 5.11 Å². The molecule has 104 valence electrons. The monoisotopic (exact) mass is 287 g/mol. The minimum absolute atomic E-state index is 0.0261. The predicted octanol–water partition coefficient (Wildman–Crippen LogP) is 1.37. The summed E-state index contributed by atoms with van der Waals surface area (Å²) in [6.07, 6.45) is 0. The van der Waals surface area contributed by atoms with Crippen molar-refractivity contribution < 1.29 is 23.2 Å². The summed E-state index contributed by atoms with van der Waals surface area (Å²) in [5, 5.41) is 19.7. The molecule has 0 aromatic heterocycles. The van der Waals surface area contributed by atoms with Gasteiger partial charge in [0.25, 0.3) is 5.69 Å². The molecule has 1 N–H and O–H groups in total. The molecule has 0 amide bonds. The molecule has 0 saturated heterocycles. The van der Waals surface area contributed by atoms with Gasteiger partial charge in [0, 0.05) is 11.6 Å². The lowest BCUT2D eigenvalue weighted by atomic mass is 10.2. The highest BCUT2D eigenvalue weighted by Gasteiger charge is 2.42. The Bertz CT molecular complexity index is 620. The van der Waals surface area contributed by atoms with Crippen LogP contribution in [0.15, 0.2) is 24.3 Å². The third-order valence-electron chi connectivity index (χ3n) is 2.83. The number of carbonyl (C=O) groups is 1. The van der Waals surface area contributed by atoms with Crippen molar-refractivity contribution in [2.45, 2.75) is 24.3 Å². The summed E-state index contributed by atoms with van der Waals surface area (Å²) in [4.78, 5) is 21.1. The van der Waals surface area contributed by atoms with Crippen LogP contribution in [0.4, 0.5) is 5.69 Å². The first kappa shape index (κ1) is 15.1. The Morgan fingerprint density at radius 2 is 1.89 bits per heavy atom. The van der Waals surface area contributed by atoms with E-state index < -0.39 is 31.2 Å². The molecule has 0 aliphatic carbocycles. The highest BCUT2D eigenvalue weighted by Crippen LogP contribution is 2.26. The van der Waals surface area contributed by atoms with Crippen molar-refractivity contribution in [1.29, 1.82) is 0 Å². The Hall–Kier alpha value is -1.96. The number of aliphatic carboxylic acids is 1. The Labute approximate surface area is 109 Å². The lowest BCUT2D eigenvalue weighted by Crippen LogP contribution is -2.41. The summed E-state index contributed by atoms with van der Waals surface area (Å²) in [5.74, 6) is -2.19. The summed E-state index contributed by atoms with van der Waals surface area (Å²) >= 11 is 0. The highest BCUT2D eigenvalue weighted by molar-refractivity contribution is 7.92. The number of nitrogens with zero attached hydrogens (tertiary/aromatic N) is 1. The topological polar surface area (TPSA) is 115 Å². The van der Waals surface area contributed by atoms with Gasteiger partial charge in [-0.15, -0.1) is 0 Å². The fourth-order valence-corrected chi connectivity index (χ4v) is 2.61. The van der Waals surface area contributed by atoms with Crippen molar-refractivity contribution in [2.24, 2.45) is 0 Å². The van der Waals surface area contributed by atoms with Gasteiger partial charge in [-0.2, -0.15) is 0 Å². The molecular weight excluding hydrogens is 274 g/mol. The van der Waals surface area contributed by atoms with Crippen molar-refractivity contribution >= 4 is 21.5 Å². The van der Waals surface area contributed by atoms with Gasteiger partial charge in [0.1, 0.15) is 0 Å². The largest absolute Gasteiger partial charge is 0.480 e. The molecule has 1 aromatic rings. The second-order valence-corrected chi connectivity index (χ2v) is 7.00. The third kappa shape index (κ3) is 2.90. The van der Waals surface area contributed by atoms with E-state index in [1.165, 1.54) is 24.3 Å². The SMILES string of the molecule is CC(C)(C(=O)O)S(=O)(=O)Cc1ccccc1[N+](=O)[O-]. The smallest absolute Gasteiger partial charge is 0.324 e. The van der Waals surface area contributed by atoms with Crippen LogP contribution < -0.4 is 0 Å². The Balaban J connectivity index is 3.24. The zero-order valence-electron chi connectivity index (χ0n) is 10.4. The Kier molecular flexibility index (Phi) is 3.94. The first-order valence-corrected chi connectivity index (χ1v) is 6.93. The molecule has 0 spiro atoms. The lowest BCUT2D eigenvalue weighted by Gasteiger charge is -2.19. The van der Waals surface area contributed by atoms with Crippen LogP contribution in [0.25, 0.3) is 0 Å². The van der Waals surface area contributed by atoms with Gasteiger partial charge in [0.15, 0.2) is 14.6 Å². The van der Waals surface area contributed by atoms with Crippen LogP contribution in [0.5, 0.6) is 0 Å². The molecule has 0 heterocycles. The second-order valence-electron chi connectivity index (χ2n) is 4.46. The molecule has 0 saturated carbocycles. The fourth-order valence-electron chi connectivity index (χ4n) is 1.33. The molecule has 0 atom stereocenters. The minimum Gasteiger partial charge on any atom is -0.480 e. The van der Waals surface area contributed by atoms with Crippen LogP contribution in [-0.4, -0.2) is 29.2 Å². The maximum atomic E-state index is 12.0. The third-order valence-corrected chi connectivity index (χ3v) is 5.25. The van der Waals surface area contributed by atoms with Crippen molar-refractivity contribution in [3.8, 4) is 0 Å². The number of carboxylic acids is 1. The van der Waals surface area contributed by atoms with Crippen molar-refractivity contribution in [1.82, 2.24) is 0 Å². The van der Waals surface area contributed by atoms with Crippen LogP contribution in [-0.2, 0) is 20.4 Å². The van der Waals surface area contributed by atoms with E-state index in [9.17, 15) is 23.3 Å². The molecule has 0 aliphatic rings. The van der Waals surface area contributed by atoms with Gasteiger partial charge in [-0.05, 0) is 13.8 Å². The summed E-state index contributed by atoms with van der Waals surface area (Å²) in [6.45, 7) is 2.11. The summed E-state index contributed by atoms with van der Waals surface area (Å²) in [5.41, 5.74) is -0.367. The van der Waals surface area contributed by atoms with E-state index >= 15 is 0 Å². The quantitative estimate of drug-likeness (QED) is 0.646. The average Bonchev–Trinajstić information content (AvgIpc) is 2.28. The number of rotatable bonds is 5. The van der Waals surface area contributed by atoms with Gasteiger partial charge >= 0.3 is 5.97 Å². The first-order chi connectivity index (χ1) is 8.59. The molecule has 0 fully saturated rings. The second kappa shape index (κ2) is 4.96. The molecule has 7 nitrogen and oxygen atoms in total. The molecule has 8 heteroatoms. The van der Waals surface area contributed by atoms with Crippen LogP contribution >= 0.6 is 0 Å². The Morgan fingerprint density at radius 1 is 1.37 bits per heavy atom. The number of hydrogen-bond acceptors (Lipinski definition) is 5. The van der Waals surface area contributed by atoms with Crippen LogP contribution in [0.3, 0.4) is 0 Å². The zero-order valence-corrected chi connectivity index (χ0v) is 11.2. The van der Waals surface area contributed by atoms with Crippen LogP contribution in [0, 0.1) is 10.1 Å². The van der Waals surface area contributed by atoms with Crippen LogP contribution in [0.1, 0.15) is 19.4 Å². The van der Waals surface area contributed by atoms with E-state index in [-0.39, 0.29) is 11.3 Å². The molecule has 1 aromatic carbocycles. The predicted molar refractivity (Wildman–Crippen MR) is 67.4 cm³/mol. The minimum atomic E-state index is -4.07. The van der Waals surface area contributed by atoms with Crippen molar-refractivity contribution in [3.05, 3.63) is 39.9 Å². The molecular formula is C11H13NO6S. The molecule has 19 heavy (non-hydrogen) atoms. The van der Waals surface area contributed by atoms with E-state index in [0.717, 1.165) is 13.8 Å². The first-order valence-electron chi connectivity index (χ1n) is 5.27. The normalized spacial score (nSPS) is 12.1. The molecule has 0 aliphatic heterocycles. The molecule has 1 rings (SSSR count). The average molecular weight is 287 g/mol. The van der Waals surface area contributed by atoms with Gasteiger partial charge in [-0.3, -0.25) is 14.9 Å². The molecule has 0 bridgehead atoms. The summed E-state index contributed by atoms with van der Waals surface area (Å²) in [6, 6.07) is 5.36. The zero-order chi connectivity index (χ0) is 14.8. The summed E-state index contributed by atoms with van der Waals surface area (Å²) < 4.78 is 22.1. The molecule has 0 radical (unpaired) electrons. The maximum Gasteiger partial charge on any atom is 0.324 e. The number of carboxylic acid groups (broad SMARTS) is 1. The van der Waals surface area contributed by atoms with Gasteiger partial charge in [0.2, 0.25) is 0 Å². The van der Waals surface area contributed by atoms with Crippen LogP contribution in [0.2, 0.25) is 0 Å². The van der Waals surface area contributed by atoms with E-state index in [1.807, 2.05) is 0 Å². The molecule has 0 unspecified atom stereocenters. The number of benzene rings is 1. The van der Waals surface area contributed by atoms with E-state index in [1.54, 1.807) is 0 Å².